The van der Waals surface area contributed by atoms with E-state index < -0.39 is 0 Å². The molecule has 0 aliphatic rings. The van der Waals surface area contributed by atoms with Crippen molar-refractivity contribution in [2.75, 3.05) is 13.1 Å². The zero-order valence-electron chi connectivity index (χ0n) is 5.93. The van der Waals surface area contributed by atoms with Crippen LogP contribution >= 0.6 is 0 Å². The maximum Gasteiger partial charge on any atom is 0.0923 e. The third-order valence-electron chi connectivity index (χ3n) is 1.29. The largest absolute Gasteiger partial charge is 0.351 e. The second-order valence-electron chi connectivity index (χ2n) is 2.06. The van der Waals surface area contributed by atoms with Gasteiger partial charge in [-0.3, -0.25) is 0 Å². The van der Waals surface area contributed by atoms with E-state index in [4.69, 9.17) is 0 Å². The van der Waals surface area contributed by atoms with E-state index >= 15 is 0 Å². The number of aromatic nitrogens is 2. The molecule has 1 radical (unpaired) electrons. The molecule has 0 aliphatic heterocycles. The molecule has 2 N–H and O–H groups in total. The summed E-state index contributed by atoms with van der Waals surface area (Å²) < 4.78 is 0. The highest BCUT2D eigenvalue weighted by atomic mass is 14.9. The molecular weight excluding hydrogens is 126 g/mol. The number of hydrogen-bond acceptors (Lipinski definition) is 2. The van der Waals surface area contributed by atoms with Crippen LogP contribution in [0.4, 0.5) is 0 Å². The van der Waals surface area contributed by atoms with Crippen molar-refractivity contribution >= 4 is 0 Å². The van der Waals surface area contributed by atoms with Crippen molar-refractivity contribution in [2.45, 2.75) is 6.42 Å². The Morgan fingerprint density at radius 3 is 3.20 bits per heavy atom. The van der Waals surface area contributed by atoms with Gasteiger partial charge in [-0.2, -0.15) is 0 Å². The molecule has 3 nitrogen and oxygen atoms in total. The van der Waals surface area contributed by atoms with Crippen molar-refractivity contribution in [3.05, 3.63) is 25.1 Å². The summed E-state index contributed by atoms with van der Waals surface area (Å²) in [5, 5.41) is 3.12. The molecule has 0 atom stereocenters. The smallest absolute Gasteiger partial charge is 0.0923 e. The number of nitrogens with one attached hydrogen (secondary N) is 2. The molecule has 0 unspecified atom stereocenters. The second kappa shape index (κ2) is 4.06. The summed E-state index contributed by atoms with van der Waals surface area (Å²) in [6, 6.07) is 0. The Labute approximate surface area is 60.9 Å². The van der Waals surface area contributed by atoms with Gasteiger partial charge in [-0.05, 0) is 13.5 Å². The Hall–Kier alpha value is -0.830. The fourth-order valence-corrected chi connectivity index (χ4v) is 0.769. The molecule has 0 bridgehead atoms. The van der Waals surface area contributed by atoms with Gasteiger partial charge in [0.05, 0.1) is 12.0 Å². The number of nitrogens with zero attached hydrogens (tertiary/aromatic N) is 1. The lowest BCUT2D eigenvalue weighted by Crippen LogP contribution is -2.16. The Morgan fingerprint density at radius 1 is 1.70 bits per heavy atom. The molecule has 0 saturated heterocycles. The monoisotopic (exact) mass is 138 g/mol. The van der Waals surface area contributed by atoms with Crippen LogP contribution in [-0.4, -0.2) is 23.1 Å². The first-order valence-corrected chi connectivity index (χ1v) is 3.41. The van der Waals surface area contributed by atoms with Gasteiger partial charge in [0.15, 0.2) is 0 Å². The summed E-state index contributed by atoms with van der Waals surface area (Å²) in [5.74, 6) is 0. The summed E-state index contributed by atoms with van der Waals surface area (Å²) in [6.45, 7) is 5.40. The van der Waals surface area contributed by atoms with Gasteiger partial charge < -0.3 is 10.3 Å². The summed E-state index contributed by atoms with van der Waals surface area (Å²) in [7, 11) is 0. The van der Waals surface area contributed by atoms with Gasteiger partial charge in [0.2, 0.25) is 0 Å². The van der Waals surface area contributed by atoms with Crippen LogP contribution in [0.1, 0.15) is 5.69 Å². The molecular formula is C7H12N3. The van der Waals surface area contributed by atoms with Gasteiger partial charge in [-0.25, -0.2) is 4.98 Å². The van der Waals surface area contributed by atoms with Crippen LogP contribution in [0.15, 0.2) is 12.5 Å². The molecule has 1 aromatic heterocycles. The highest BCUT2D eigenvalue weighted by molar-refractivity contribution is 4.94. The molecule has 0 aliphatic carbocycles. The highest BCUT2D eigenvalue weighted by Gasteiger charge is 1.91. The molecule has 0 saturated carbocycles. The Balaban J connectivity index is 2.15. The third-order valence-corrected chi connectivity index (χ3v) is 1.29. The Bertz CT molecular complexity index is 157. The lowest BCUT2D eigenvalue weighted by molar-refractivity contribution is 0.735. The first-order chi connectivity index (χ1) is 4.93. The SMILES string of the molecule is [CH2]CNCCc1c[nH]cn1. The minimum Gasteiger partial charge on any atom is -0.351 e. The minimum absolute atomic E-state index is 0.782. The molecule has 10 heavy (non-hydrogen) atoms. The molecule has 1 rings (SSSR count). The highest BCUT2D eigenvalue weighted by Crippen LogP contribution is 1.89. The first kappa shape index (κ1) is 7.28. The van der Waals surface area contributed by atoms with Gasteiger partial charge >= 0.3 is 0 Å². The van der Waals surface area contributed by atoms with Crippen LogP contribution in [-0.2, 0) is 6.42 Å². The minimum atomic E-state index is 0.782. The van der Waals surface area contributed by atoms with E-state index in [0.29, 0.717) is 0 Å². The molecule has 0 fully saturated rings. The number of rotatable bonds is 4. The van der Waals surface area contributed by atoms with Crippen molar-refractivity contribution in [3.8, 4) is 0 Å². The van der Waals surface area contributed by atoms with E-state index in [1.54, 1.807) is 6.33 Å². The fraction of sp³-hybridized carbons (Fsp3) is 0.429. The van der Waals surface area contributed by atoms with Crippen molar-refractivity contribution in [1.82, 2.24) is 15.3 Å². The second-order valence-corrected chi connectivity index (χ2v) is 2.06. The van der Waals surface area contributed by atoms with E-state index in [1.165, 1.54) is 0 Å². The van der Waals surface area contributed by atoms with Crippen molar-refractivity contribution in [3.63, 3.8) is 0 Å². The van der Waals surface area contributed by atoms with Crippen molar-refractivity contribution in [1.29, 1.82) is 0 Å². The zero-order valence-corrected chi connectivity index (χ0v) is 5.93. The number of aromatic amines is 1. The van der Waals surface area contributed by atoms with E-state index in [2.05, 4.69) is 22.2 Å². The fourth-order valence-electron chi connectivity index (χ4n) is 0.769. The molecule has 0 amide bonds. The van der Waals surface area contributed by atoms with Crippen LogP contribution in [0, 0.1) is 6.92 Å². The lowest BCUT2D eigenvalue weighted by atomic mass is 10.3. The summed E-state index contributed by atoms with van der Waals surface area (Å²) >= 11 is 0. The Kier molecular flexibility index (Phi) is 2.96. The molecule has 1 aromatic rings. The Morgan fingerprint density at radius 2 is 2.60 bits per heavy atom. The quantitative estimate of drug-likeness (QED) is 0.590. The molecule has 55 valence electrons. The van der Waals surface area contributed by atoms with E-state index in [9.17, 15) is 0 Å². The van der Waals surface area contributed by atoms with Crippen molar-refractivity contribution in [2.24, 2.45) is 0 Å². The van der Waals surface area contributed by atoms with Gasteiger partial charge in [0.1, 0.15) is 0 Å². The van der Waals surface area contributed by atoms with E-state index in [0.717, 1.165) is 25.2 Å². The predicted molar refractivity (Wildman–Crippen MR) is 40.5 cm³/mol. The lowest BCUT2D eigenvalue weighted by Gasteiger charge is -1.96. The predicted octanol–water partition coefficient (Wildman–Crippen LogP) is 0.376. The number of H-pyrrole nitrogens is 1. The van der Waals surface area contributed by atoms with Crippen LogP contribution in [0.3, 0.4) is 0 Å². The summed E-state index contributed by atoms with van der Waals surface area (Å²) in [4.78, 5) is 6.97. The van der Waals surface area contributed by atoms with Crippen molar-refractivity contribution < 1.29 is 0 Å². The number of hydrogen-bond donors (Lipinski definition) is 2. The first-order valence-electron chi connectivity index (χ1n) is 3.41. The topological polar surface area (TPSA) is 40.7 Å². The summed E-state index contributed by atoms with van der Waals surface area (Å²) in [5.41, 5.74) is 1.10. The summed E-state index contributed by atoms with van der Waals surface area (Å²) in [6.07, 6.45) is 4.57. The van der Waals surface area contributed by atoms with E-state index in [1.807, 2.05) is 6.20 Å². The van der Waals surface area contributed by atoms with Gasteiger partial charge in [0.25, 0.3) is 0 Å². The maximum atomic E-state index is 4.07. The standard InChI is InChI=1S/C7H12N3/c1-2-8-4-3-7-5-9-6-10-7/h5-6,8H,1-4H2,(H,9,10). The molecule has 0 spiro atoms. The molecule has 0 aromatic carbocycles. The average Bonchev–Trinajstić information content (AvgIpc) is 2.41. The number of imidazole rings is 1. The molecule has 3 heteroatoms. The normalized spacial score (nSPS) is 10.1. The maximum absolute atomic E-state index is 4.07. The van der Waals surface area contributed by atoms with Gasteiger partial charge in [-0.15, -0.1) is 0 Å². The van der Waals surface area contributed by atoms with Crippen LogP contribution in [0.25, 0.3) is 0 Å². The third kappa shape index (κ3) is 2.19. The van der Waals surface area contributed by atoms with E-state index in [-0.39, 0.29) is 0 Å². The average molecular weight is 138 g/mol. The van der Waals surface area contributed by atoms with Crippen LogP contribution in [0.2, 0.25) is 0 Å². The van der Waals surface area contributed by atoms with Gasteiger partial charge in [-0.1, -0.05) is 0 Å². The molecule has 1 heterocycles. The zero-order chi connectivity index (χ0) is 7.23. The van der Waals surface area contributed by atoms with Crippen LogP contribution < -0.4 is 5.32 Å². The van der Waals surface area contributed by atoms with Crippen LogP contribution in [0.5, 0.6) is 0 Å². The van der Waals surface area contributed by atoms with Gasteiger partial charge in [0, 0.05) is 19.2 Å².